The van der Waals surface area contributed by atoms with Crippen LogP contribution in [-0.2, 0) is 50.5 Å². The van der Waals surface area contributed by atoms with Crippen LogP contribution in [-0.4, -0.2) is 43.5 Å². The molecule has 2 N–H and O–H groups in total. The van der Waals surface area contributed by atoms with Crippen LogP contribution in [0.5, 0.6) is 23.0 Å². The molecule has 8 nitrogen and oxygen atoms in total. The van der Waals surface area contributed by atoms with Gasteiger partial charge < -0.3 is 29.2 Å². The van der Waals surface area contributed by atoms with Crippen molar-refractivity contribution < 1.29 is 47.5 Å². The SMILES string of the molecule is COC(=O)C(C)(C)Cc1ccc(O)cc1.COc1ccc(F)c(-c2cc(CCl)ccc2C(C)(C)C)c1.COc1ccc(F)c(-c2cc(COc3ccc(CC(C)(C)C(=O)O)cc3)ccc2C(C)(C)C)c1. The van der Waals surface area contributed by atoms with E-state index < -0.39 is 16.8 Å². The quantitative estimate of drug-likeness (QED) is 0.0820. The zero-order chi connectivity index (χ0) is 52.2. The summed E-state index contributed by atoms with van der Waals surface area (Å²) in [5, 5.41) is 18.5. The Labute approximate surface area is 418 Å². The Morgan fingerprint density at radius 1 is 0.514 bits per heavy atom. The van der Waals surface area contributed by atoms with Crippen molar-refractivity contribution in [2.24, 2.45) is 10.8 Å². The number of rotatable bonds is 14. The highest BCUT2D eigenvalue weighted by atomic mass is 35.5. The predicted molar refractivity (Wildman–Crippen MR) is 277 cm³/mol. The monoisotopic (exact) mass is 978 g/mol. The number of phenolic OH excluding ortho intramolecular Hbond substituents is 1. The lowest BCUT2D eigenvalue weighted by Crippen LogP contribution is -2.27. The van der Waals surface area contributed by atoms with Gasteiger partial charge in [0.1, 0.15) is 41.2 Å². The third kappa shape index (κ3) is 15.6. The van der Waals surface area contributed by atoms with Gasteiger partial charge in [-0.15, -0.1) is 11.6 Å². The molecule has 0 aliphatic carbocycles. The number of phenols is 1. The van der Waals surface area contributed by atoms with Crippen LogP contribution in [0.3, 0.4) is 0 Å². The lowest BCUT2D eigenvalue weighted by atomic mass is 9.81. The smallest absolute Gasteiger partial charge is 0.311 e. The summed E-state index contributed by atoms with van der Waals surface area (Å²) in [6.45, 7) is 20.1. The summed E-state index contributed by atoms with van der Waals surface area (Å²) < 4.78 is 50.4. The Kier molecular flexibility index (Phi) is 19.2. The molecule has 0 amide bonds. The van der Waals surface area contributed by atoms with E-state index in [-0.39, 0.29) is 34.2 Å². The summed E-state index contributed by atoms with van der Waals surface area (Å²) in [6, 6.07) is 35.9. The van der Waals surface area contributed by atoms with E-state index in [2.05, 4.69) is 41.5 Å². The number of alkyl halides is 1. The van der Waals surface area contributed by atoms with Gasteiger partial charge in [-0.3, -0.25) is 9.59 Å². The van der Waals surface area contributed by atoms with E-state index in [0.29, 0.717) is 53.7 Å². The Morgan fingerprint density at radius 2 is 0.914 bits per heavy atom. The second-order valence-electron chi connectivity index (χ2n) is 20.6. The highest BCUT2D eigenvalue weighted by molar-refractivity contribution is 6.17. The zero-order valence-electron chi connectivity index (χ0n) is 42.9. The number of esters is 1. The number of carboxylic acids is 1. The second kappa shape index (κ2) is 24.0. The standard InChI is InChI=1S/C29H33FO4.C18H20ClFO.C12H16O3/c1-28(2,3)25-13-9-20(15-23(25)24-16-22(33-6)12-14-26(24)30)18-34-21-10-7-19(8-11-21)17-29(4,5)27(31)32;1-18(2,3)16-7-5-12(11-19)9-14(16)15-10-13(21-4)6-8-17(15)20;1-12(2,11(14)15-3)8-9-4-6-10(13)7-5-9/h7-16H,17-18H2,1-6H3,(H,31,32);5-10H,11H2,1-4H3;4-7,13H,8H2,1-3H3. The van der Waals surface area contributed by atoms with Crippen LogP contribution in [0, 0.1) is 22.5 Å². The number of hydrogen-bond acceptors (Lipinski definition) is 7. The topological polar surface area (TPSA) is 112 Å². The molecule has 70 heavy (non-hydrogen) atoms. The number of carbonyl (C=O) groups is 2. The van der Waals surface area contributed by atoms with E-state index in [0.717, 1.165) is 44.5 Å². The van der Waals surface area contributed by atoms with E-state index in [4.69, 9.17) is 35.7 Å². The summed E-state index contributed by atoms with van der Waals surface area (Å²) in [6.07, 6.45) is 1.03. The van der Waals surface area contributed by atoms with Gasteiger partial charge in [-0.05, 0) is 169 Å². The number of ether oxygens (including phenoxy) is 4. The van der Waals surface area contributed by atoms with Crippen molar-refractivity contribution in [3.63, 3.8) is 0 Å². The van der Waals surface area contributed by atoms with Crippen LogP contribution in [0.25, 0.3) is 22.3 Å². The lowest BCUT2D eigenvalue weighted by Gasteiger charge is -2.24. The third-order valence-corrected chi connectivity index (χ3v) is 12.0. The van der Waals surface area contributed by atoms with E-state index in [1.54, 1.807) is 76.6 Å². The summed E-state index contributed by atoms with van der Waals surface area (Å²) in [5.41, 5.74) is 7.05. The van der Waals surface area contributed by atoms with E-state index in [9.17, 15) is 23.5 Å². The molecule has 0 aliphatic heterocycles. The molecular weight excluding hydrogens is 910 g/mol. The number of benzene rings is 6. The first kappa shape index (κ1) is 56.2. The van der Waals surface area contributed by atoms with Gasteiger partial charge in [0.25, 0.3) is 0 Å². The van der Waals surface area contributed by atoms with Crippen LogP contribution in [0.4, 0.5) is 8.78 Å². The maximum absolute atomic E-state index is 14.8. The molecule has 0 heterocycles. The van der Waals surface area contributed by atoms with Gasteiger partial charge in [0.2, 0.25) is 0 Å². The van der Waals surface area contributed by atoms with E-state index in [1.165, 1.54) is 19.2 Å². The molecule has 0 saturated heterocycles. The highest BCUT2D eigenvalue weighted by Crippen LogP contribution is 2.39. The van der Waals surface area contributed by atoms with Crippen molar-refractivity contribution in [3.8, 4) is 45.3 Å². The van der Waals surface area contributed by atoms with Crippen molar-refractivity contribution >= 4 is 23.5 Å². The molecule has 0 spiro atoms. The minimum Gasteiger partial charge on any atom is -0.508 e. The minimum atomic E-state index is -0.830. The highest BCUT2D eigenvalue weighted by Gasteiger charge is 2.29. The Morgan fingerprint density at radius 3 is 1.33 bits per heavy atom. The largest absolute Gasteiger partial charge is 0.508 e. The maximum atomic E-state index is 14.8. The molecule has 0 radical (unpaired) electrons. The number of carbonyl (C=O) groups excluding carboxylic acids is 1. The number of halogens is 3. The number of carboxylic acid groups (broad SMARTS) is 1. The molecule has 0 atom stereocenters. The molecule has 0 saturated carbocycles. The van der Waals surface area contributed by atoms with Crippen molar-refractivity contribution in [3.05, 3.63) is 166 Å². The third-order valence-electron chi connectivity index (χ3n) is 11.7. The number of hydrogen-bond donors (Lipinski definition) is 2. The average Bonchev–Trinajstić information content (AvgIpc) is 3.31. The first-order valence-electron chi connectivity index (χ1n) is 23.0. The molecule has 6 aromatic rings. The molecule has 0 aliphatic rings. The zero-order valence-corrected chi connectivity index (χ0v) is 43.6. The van der Waals surface area contributed by atoms with Crippen LogP contribution in [0.1, 0.15) is 103 Å². The summed E-state index contributed by atoms with van der Waals surface area (Å²) >= 11 is 5.93. The first-order valence-corrected chi connectivity index (χ1v) is 23.6. The summed E-state index contributed by atoms with van der Waals surface area (Å²) in [5.74, 6) is 0.956. The fourth-order valence-electron chi connectivity index (χ4n) is 7.71. The molecule has 6 aromatic carbocycles. The average molecular weight is 980 g/mol. The maximum Gasteiger partial charge on any atom is 0.311 e. The number of aromatic hydroxyl groups is 1. The van der Waals surface area contributed by atoms with E-state index in [1.807, 2.05) is 74.5 Å². The normalized spacial score (nSPS) is 11.6. The number of aliphatic carboxylic acids is 1. The van der Waals surface area contributed by atoms with Gasteiger partial charge in [-0.1, -0.05) is 90.1 Å². The number of methoxy groups -OCH3 is 3. The van der Waals surface area contributed by atoms with Crippen LogP contribution >= 0.6 is 11.6 Å². The molecule has 374 valence electrons. The molecule has 0 aromatic heterocycles. The fourth-order valence-corrected chi connectivity index (χ4v) is 7.88. The van der Waals surface area contributed by atoms with E-state index >= 15 is 0 Å². The van der Waals surface area contributed by atoms with Crippen molar-refractivity contribution in [2.75, 3.05) is 21.3 Å². The van der Waals surface area contributed by atoms with Gasteiger partial charge in [0.05, 0.1) is 32.2 Å². The van der Waals surface area contributed by atoms with Gasteiger partial charge in [-0.25, -0.2) is 8.78 Å². The van der Waals surface area contributed by atoms with Crippen molar-refractivity contribution in [2.45, 2.75) is 105 Å². The first-order chi connectivity index (χ1) is 32.7. The molecule has 0 bridgehead atoms. The second-order valence-corrected chi connectivity index (χ2v) is 20.9. The molecule has 0 fully saturated rings. The predicted octanol–water partition coefficient (Wildman–Crippen LogP) is 14.7. The Bertz CT molecular complexity index is 2700. The Hall–Kier alpha value is -6.39. The van der Waals surface area contributed by atoms with Gasteiger partial charge in [0, 0.05) is 17.0 Å². The van der Waals surface area contributed by atoms with Crippen LogP contribution in [0.15, 0.2) is 121 Å². The van der Waals surface area contributed by atoms with Crippen molar-refractivity contribution in [1.29, 1.82) is 0 Å². The minimum absolute atomic E-state index is 0.0876. The van der Waals surface area contributed by atoms with Crippen molar-refractivity contribution in [1.82, 2.24) is 0 Å². The Balaban J connectivity index is 0.000000251. The van der Waals surface area contributed by atoms with Gasteiger partial charge in [0.15, 0.2) is 0 Å². The lowest BCUT2D eigenvalue weighted by molar-refractivity contribution is -0.150. The summed E-state index contributed by atoms with van der Waals surface area (Å²) in [7, 11) is 4.54. The van der Waals surface area contributed by atoms with Crippen LogP contribution < -0.4 is 14.2 Å². The molecule has 11 heteroatoms. The van der Waals surface area contributed by atoms with Crippen LogP contribution in [0.2, 0.25) is 0 Å². The molecule has 0 unspecified atom stereocenters. The van der Waals surface area contributed by atoms with Gasteiger partial charge in [-0.2, -0.15) is 0 Å². The molecule has 6 rings (SSSR count). The van der Waals surface area contributed by atoms with Gasteiger partial charge >= 0.3 is 11.9 Å². The fraction of sp³-hybridized carbons (Fsp3) is 0.356. The summed E-state index contributed by atoms with van der Waals surface area (Å²) in [4.78, 5) is 22.8. The molecular formula is C59H69ClF2O8.